The molecule has 1 heterocycles. The van der Waals surface area contributed by atoms with E-state index >= 15 is 0 Å². The molecule has 0 aliphatic rings. The number of carbonyl (C=O) groups excluding carboxylic acids is 1. The molecule has 0 atom stereocenters. The smallest absolute Gasteiger partial charge is 0.319 e. The molecule has 0 aliphatic heterocycles. The highest BCUT2D eigenvalue weighted by molar-refractivity contribution is 5.89. The van der Waals surface area contributed by atoms with E-state index in [1.54, 1.807) is 0 Å². The Morgan fingerprint density at radius 1 is 1.30 bits per heavy atom. The normalized spacial score (nSPS) is 11.3. The maximum Gasteiger partial charge on any atom is 0.319 e. The van der Waals surface area contributed by atoms with Gasteiger partial charge in [0.15, 0.2) is 0 Å². The first-order valence-electron chi connectivity index (χ1n) is 7.85. The fourth-order valence-electron chi connectivity index (χ4n) is 2.19. The fraction of sp³-hybridized carbons (Fsp3) is 0.471. The summed E-state index contributed by atoms with van der Waals surface area (Å²) in [5.41, 5.74) is 1.60. The van der Waals surface area contributed by atoms with Crippen molar-refractivity contribution in [3.05, 3.63) is 41.5 Å². The van der Waals surface area contributed by atoms with E-state index in [0.29, 0.717) is 6.54 Å². The van der Waals surface area contributed by atoms with Crippen molar-refractivity contribution in [3.63, 3.8) is 0 Å². The average molecular weight is 315 g/mol. The molecule has 2 N–H and O–H groups in total. The number of aromatic nitrogens is 3. The quantitative estimate of drug-likeness (QED) is 0.889. The molecule has 0 aliphatic carbocycles. The number of carbonyl (C=O) groups is 1. The molecule has 0 bridgehead atoms. The first-order valence-corrected chi connectivity index (χ1v) is 7.85. The lowest BCUT2D eigenvalue weighted by Crippen LogP contribution is -2.45. The van der Waals surface area contributed by atoms with E-state index in [4.69, 9.17) is 0 Å². The molecule has 0 saturated carbocycles. The van der Waals surface area contributed by atoms with Crippen LogP contribution in [-0.4, -0.2) is 26.3 Å². The van der Waals surface area contributed by atoms with Crippen LogP contribution >= 0.6 is 0 Å². The van der Waals surface area contributed by atoms with Gasteiger partial charge in [-0.25, -0.2) is 14.5 Å². The largest absolute Gasteiger partial charge is 0.333 e. The van der Waals surface area contributed by atoms with Gasteiger partial charge in [-0.1, -0.05) is 19.1 Å². The van der Waals surface area contributed by atoms with Gasteiger partial charge < -0.3 is 10.6 Å². The van der Waals surface area contributed by atoms with Gasteiger partial charge in [-0.2, -0.15) is 5.10 Å². The van der Waals surface area contributed by atoms with Gasteiger partial charge in [-0.15, -0.1) is 0 Å². The zero-order chi connectivity index (χ0) is 17.0. The molecule has 0 fully saturated rings. The fourth-order valence-corrected chi connectivity index (χ4v) is 2.19. The first kappa shape index (κ1) is 17.0. The number of nitrogens with one attached hydrogen (secondary N) is 2. The van der Waals surface area contributed by atoms with E-state index in [1.165, 1.54) is 0 Å². The molecule has 23 heavy (non-hydrogen) atoms. The van der Waals surface area contributed by atoms with Gasteiger partial charge in [0.05, 0.1) is 6.54 Å². The number of anilines is 1. The molecule has 2 rings (SSSR count). The minimum atomic E-state index is -0.225. The van der Waals surface area contributed by atoms with Crippen LogP contribution in [0.25, 0.3) is 0 Å². The van der Waals surface area contributed by atoms with Crippen LogP contribution in [0.3, 0.4) is 0 Å². The molecule has 1 aromatic carbocycles. The summed E-state index contributed by atoms with van der Waals surface area (Å²) >= 11 is 0. The summed E-state index contributed by atoms with van der Waals surface area (Å²) in [5.74, 6) is 1.64. The molecule has 2 aromatic rings. The minimum Gasteiger partial charge on any atom is -0.333 e. The van der Waals surface area contributed by atoms with Crippen LogP contribution in [0.4, 0.5) is 10.5 Å². The van der Waals surface area contributed by atoms with Crippen molar-refractivity contribution in [2.75, 3.05) is 5.32 Å². The van der Waals surface area contributed by atoms with Crippen LogP contribution < -0.4 is 10.6 Å². The lowest BCUT2D eigenvalue weighted by molar-refractivity contribution is 0.240. The highest BCUT2D eigenvalue weighted by Gasteiger charge is 2.17. The van der Waals surface area contributed by atoms with Gasteiger partial charge in [0.2, 0.25) is 0 Å². The van der Waals surface area contributed by atoms with Crippen LogP contribution in [0.5, 0.6) is 0 Å². The van der Waals surface area contributed by atoms with Crippen LogP contribution in [0.2, 0.25) is 0 Å². The van der Waals surface area contributed by atoms with E-state index < -0.39 is 0 Å². The topological polar surface area (TPSA) is 71.8 Å². The van der Waals surface area contributed by atoms with Crippen molar-refractivity contribution in [1.82, 2.24) is 20.1 Å². The number of amides is 2. The van der Waals surface area contributed by atoms with Gasteiger partial charge in [0.25, 0.3) is 0 Å². The van der Waals surface area contributed by atoms with E-state index in [2.05, 4.69) is 20.7 Å². The molecule has 0 radical (unpaired) electrons. The summed E-state index contributed by atoms with van der Waals surface area (Å²) in [5, 5.41) is 10.2. The van der Waals surface area contributed by atoms with Crippen molar-refractivity contribution in [1.29, 1.82) is 0 Å². The maximum atomic E-state index is 12.1. The van der Waals surface area contributed by atoms with E-state index in [1.807, 2.05) is 63.6 Å². The Bertz CT molecular complexity index is 690. The van der Waals surface area contributed by atoms with Gasteiger partial charge >= 0.3 is 6.03 Å². The van der Waals surface area contributed by atoms with Crippen molar-refractivity contribution in [3.8, 4) is 0 Å². The second-order valence-corrected chi connectivity index (χ2v) is 6.38. The zero-order valence-electron chi connectivity index (χ0n) is 14.5. The van der Waals surface area contributed by atoms with E-state index in [9.17, 15) is 4.79 Å². The third-order valence-corrected chi connectivity index (χ3v) is 3.82. The molecule has 6 heteroatoms. The Balaban J connectivity index is 2.05. The molecule has 124 valence electrons. The molecule has 0 unspecified atom stereocenters. The van der Waals surface area contributed by atoms with Crippen molar-refractivity contribution in [2.45, 2.75) is 53.1 Å². The lowest BCUT2D eigenvalue weighted by atomic mass is 10.0. The Morgan fingerprint density at radius 2 is 2.04 bits per heavy atom. The standard InChI is InChI=1S/C17H25N5O/c1-6-17(4,5)20-16(23)19-15-9-7-8-14(10-15)11-22-13(3)18-12(2)21-22/h7-10H,6,11H2,1-5H3,(H2,19,20,23). The molecule has 2 amide bonds. The average Bonchev–Trinajstić information content (AvgIpc) is 2.76. The Hall–Kier alpha value is -2.37. The zero-order valence-corrected chi connectivity index (χ0v) is 14.5. The highest BCUT2D eigenvalue weighted by atomic mass is 16.2. The summed E-state index contributed by atoms with van der Waals surface area (Å²) in [7, 11) is 0. The van der Waals surface area contributed by atoms with E-state index in [0.717, 1.165) is 29.3 Å². The van der Waals surface area contributed by atoms with Crippen LogP contribution in [0.1, 0.15) is 44.4 Å². The van der Waals surface area contributed by atoms with Gasteiger partial charge in [-0.3, -0.25) is 0 Å². The maximum absolute atomic E-state index is 12.1. The summed E-state index contributed by atoms with van der Waals surface area (Å²) in [6.45, 7) is 10.5. The van der Waals surface area contributed by atoms with Crippen LogP contribution in [0, 0.1) is 13.8 Å². The number of rotatable bonds is 5. The van der Waals surface area contributed by atoms with Gasteiger partial charge in [-0.05, 0) is 51.8 Å². The second-order valence-electron chi connectivity index (χ2n) is 6.38. The Morgan fingerprint density at radius 3 is 2.65 bits per heavy atom. The van der Waals surface area contributed by atoms with Gasteiger partial charge in [0.1, 0.15) is 11.6 Å². The minimum absolute atomic E-state index is 0.193. The molecular formula is C17H25N5O. The highest BCUT2D eigenvalue weighted by Crippen LogP contribution is 2.13. The van der Waals surface area contributed by atoms with Gasteiger partial charge in [0, 0.05) is 11.2 Å². The number of hydrogen-bond acceptors (Lipinski definition) is 3. The van der Waals surface area contributed by atoms with Crippen LogP contribution in [-0.2, 0) is 6.54 Å². The summed E-state index contributed by atoms with van der Waals surface area (Å²) in [6.07, 6.45) is 0.866. The monoisotopic (exact) mass is 315 g/mol. The molecule has 1 aromatic heterocycles. The van der Waals surface area contributed by atoms with E-state index in [-0.39, 0.29) is 11.6 Å². The Labute approximate surface area is 137 Å². The predicted octanol–water partition coefficient (Wildman–Crippen LogP) is 3.25. The molecule has 0 spiro atoms. The molecular weight excluding hydrogens is 290 g/mol. The molecule has 6 nitrogen and oxygen atoms in total. The third kappa shape index (κ3) is 4.81. The number of benzene rings is 1. The van der Waals surface area contributed by atoms with Crippen molar-refractivity contribution in [2.24, 2.45) is 0 Å². The second kappa shape index (κ2) is 6.81. The number of aryl methyl sites for hydroxylation is 2. The predicted molar refractivity (Wildman–Crippen MR) is 91.6 cm³/mol. The molecule has 0 saturated heterocycles. The number of urea groups is 1. The van der Waals surface area contributed by atoms with Crippen molar-refractivity contribution >= 4 is 11.7 Å². The number of hydrogen-bond donors (Lipinski definition) is 2. The SMILES string of the molecule is CCC(C)(C)NC(=O)Nc1cccc(Cn2nc(C)nc2C)c1. The Kier molecular flexibility index (Phi) is 5.03. The summed E-state index contributed by atoms with van der Waals surface area (Å²) in [4.78, 5) is 16.4. The van der Waals surface area contributed by atoms with Crippen LogP contribution in [0.15, 0.2) is 24.3 Å². The van der Waals surface area contributed by atoms with Crippen molar-refractivity contribution < 1.29 is 4.79 Å². The number of nitrogens with zero attached hydrogens (tertiary/aromatic N) is 3. The summed E-state index contributed by atoms with van der Waals surface area (Å²) < 4.78 is 1.86. The lowest BCUT2D eigenvalue weighted by Gasteiger charge is -2.24. The third-order valence-electron chi connectivity index (χ3n) is 3.82. The summed E-state index contributed by atoms with van der Waals surface area (Å²) in [6, 6.07) is 7.57. The first-order chi connectivity index (χ1) is 10.8.